The molecule has 0 N–H and O–H groups in total. The van der Waals surface area contributed by atoms with Gasteiger partial charge in [-0.1, -0.05) is 73.7 Å². The molecule has 5 rings (SSSR count). The van der Waals surface area contributed by atoms with E-state index in [1.54, 1.807) is 26.0 Å². The Morgan fingerprint density at radius 2 is 1.71 bits per heavy atom. The number of carbonyl (C=O) groups excluding carboxylic acids is 1. The molecule has 7 heteroatoms. The van der Waals surface area contributed by atoms with Gasteiger partial charge in [0.1, 0.15) is 11.9 Å². The van der Waals surface area contributed by atoms with Gasteiger partial charge in [0, 0.05) is 17.4 Å². The van der Waals surface area contributed by atoms with Crippen LogP contribution in [0, 0.1) is 12.8 Å². The van der Waals surface area contributed by atoms with Crippen LogP contribution in [0.4, 0.5) is 5.69 Å². The van der Waals surface area contributed by atoms with Crippen molar-refractivity contribution in [1.82, 2.24) is 4.90 Å². The van der Waals surface area contributed by atoms with E-state index >= 15 is 0 Å². The molecule has 3 aliphatic rings. The number of ether oxygens (including phenoxy) is 2. The summed E-state index contributed by atoms with van der Waals surface area (Å²) >= 11 is 1.66. The first-order valence-corrected chi connectivity index (χ1v) is 13.0. The average molecular weight is 478 g/mol. The number of amidine groups is 2. The van der Waals surface area contributed by atoms with Crippen molar-refractivity contribution in [3.8, 4) is 11.5 Å². The highest BCUT2D eigenvalue weighted by atomic mass is 32.2. The maximum atomic E-state index is 13.2. The predicted octanol–water partition coefficient (Wildman–Crippen LogP) is 5.87. The molecule has 0 radical (unpaired) electrons. The lowest BCUT2D eigenvalue weighted by atomic mass is 9.84. The number of nitrogens with zero attached hydrogens (tertiary/aromatic N) is 3. The van der Waals surface area contributed by atoms with Crippen molar-refractivity contribution >= 4 is 34.4 Å². The molecule has 1 aliphatic carbocycles. The van der Waals surface area contributed by atoms with Crippen LogP contribution in [-0.2, 0) is 10.5 Å². The first-order chi connectivity index (χ1) is 16.6. The van der Waals surface area contributed by atoms with Gasteiger partial charge in [0.2, 0.25) is 0 Å². The van der Waals surface area contributed by atoms with E-state index in [0.29, 0.717) is 23.3 Å². The van der Waals surface area contributed by atoms with Gasteiger partial charge in [0.25, 0.3) is 5.91 Å². The highest BCUT2D eigenvalue weighted by Crippen LogP contribution is 2.42. The first-order valence-electron chi connectivity index (χ1n) is 12.0. The molecule has 178 valence electrons. The minimum absolute atomic E-state index is 0.0631. The van der Waals surface area contributed by atoms with Crippen molar-refractivity contribution in [2.24, 2.45) is 15.9 Å². The molecular weight excluding hydrogens is 446 g/mol. The third-order valence-corrected chi connectivity index (χ3v) is 8.00. The van der Waals surface area contributed by atoms with Gasteiger partial charge in [-0.3, -0.25) is 9.69 Å². The Morgan fingerprint density at radius 1 is 1.00 bits per heavy atom. The maximum absolute atomic E-state index is 13.2. The monoisotopic (exact) mass is 477 g/mol. The minimum atomic E-state index is -0.288. The number of thioether (sulfide) groups is 1. The van der Waals surface area contributed by atoms with Gasteiger partial charge in [-0.05, 0) is 30.9 Å². The summed E-state index contributed by atoms with van der Waals surface area (Å²) in [6.07, 6.45) is 7.02. The lowest BCUT2D eigenvalue weighted by Gasteiger charge is -2.33. The number of amides is 1. The Kier molecular flexibility index (Phi) is 6.63. The largest absolute Gasteiger partial charge is 0.493 e. The zero-order chi connectivity index (χ0) is 23.7. The Bertz CT molecular complexity index is 1140. The molecule has 1 unspecified atom stereocenters. The van der Waals surface area contributed by atoms with Crippen LogP contribution in [0.2, 0.25) is 0 Å². The fourth-order valence-corrected chi connectivity index (χ4v) is 6.08. The number of hydrogen-bond donors (Lipinski definition) is 0. The molecule has 2 aromatic carbocycles. The maximum Gasteiger partial charge on any atom is 0.270 e. The average Bonchev–Trinajstić information content (AvgIpc) is 3.19. The molecular formula is C27H31N3O3S. The summed E-state index contributed by atoms with van der Waals surface area (Å²) in [5.41, 5.74) is 4.04. The van der Waals surface area contributed by atoms with E-state index < -0.39 is 0 Å². The smallest absolute Gasteiger partial charge is 0.270 e. The number of fused-ring (bicyclic) bond motifs is 3. The van der Waals surface area contributed by atoms with E-state index in [-0.39, 0.29) is 11.9 Å². The molecule has 1 saturated carbocycles. The van der Waals surface area contributed by atoms with Crippen LogP contribution < -0.4 is 9.47 Å². The van der Waals surface area contributed by atoms with Crippen molar-refractivity contribution in [1.29, 1.82) is 0 Å². The van der Waals surface area contributed by atoms with Gasteiger partial charge < -0.3 is 9.47 Å². The quantitative estimate of drug-likeness (QED) is 0.520. The zero-order valence-corrected chi connectivity index (χ0v) is 20.9. The van der Waals surface area contributed by atoms with Gasteiger partial charge in [0.05, 0.1) is 19.9 Å². The van der Waals surface area contributed by atoms with E-state index in [1.807, 2.05) is 12.1 Å². The number of benzene rings is 2. The third-order valence-electron chi connectivity index (χ3n) is 6.98. The van der Waals surface area contributed by atoms with Crippen LogP contribution in [0.3, 0.4) is 0 Å². The van der Waals surface area contributed by atoms with Crippen LogP contribution in [-0.4, -0.2) is 42.1 Å². The fourth-order valence-electron chi connectivity index (χ4n) is 5.08. The molecule has 2 heterocycles. The van der Waals surface area contributed by atoms with E-state index in [2.05, 4.69) is 41.1 Å². The molecule has 1 atom stereocenters. The number of hydrogen-bond acceptors (Lipinski definition) is 6. The van der Waals surface area contributed by atoms with Gasteiger partial charge >= 0.3 is 0 Å². The van der Waals surface area contributed by atoms with Gasteiger partial charge in [-0.2, -0.15) is 4.99 Å². The molecule has 1 fully saturated rings. The van der Waals surface area contributed by atoms with E-state index in [0.717, 1.165) is 28.6 Å². The molecule has 0 bridgehead atoms. The second-order valence-corrected chi connectivity index (χ2v) is 10.2. The Labute approximate surface area is 205 Å². The normalized spacial score (nSPS) is 19.9. The highest BCUT2D eigenvalue weighted by molar-refractivity contribution is 8.13. The van der Waals surface area contributed by atoms with E-state index in [1.165, 1.54) is 43.2 Å². The molecule has 2 aliphatic heterocycles. The number of carbonyl (C=O) groups is 1. The Morgan fingerprint density at radius 3 is 2.41 bits per heavy atom. The number of aliphatic imine (C=N–C) groups is 2. The number of rotatable bonds is 6. The van der Waals surface area contributed by atoms with Crippen LogP contribution >= 0.6 is 11.8 Å². The fraction of sp³-hybridized carbons (Fsp3) is 0.444. The SMILES string of the molecule is COc1cc2c(cc1OC)C1=NC(=O)C(CC3CCCCC3)N1C(SCc1ccc(C)cc1)=N2. The van der Waals surface area contributed by atoms with Crippen LogP contribution in [0.5, 0.6) is 11.5 Å². The van der Waals surface area contributed by atoms with Crippen molar-refractivity contribution in [2.45, 2.75) is 57.2 Å². The summed E-state index contributed by atoms with van der Waals surface area (Å²) in [4.78, 5) is 24.9. The summed E-state index contributed by atoms with van der Waals surface area (Å²) < 4.78 is 11.0. The molecule has 1 amide bonds. The number of aryl methyl sites for hydroxylation is 1. The van der Waals surface area contributed by atoms with Gasteiger partial charge in [-0.25, -0.2) is 4.99 Å². The van der Waals surface area contributed by atoms with Crippen molar-refractivity contribution in [2.75, 3.05) is 14.2 Å². The van der Waals surface area contributed by atoms with Gasteiger partial charge in [0.15, 0.2) is 16.7 Å². The van der Waals surface area contributed by atoms with Crippen molar-refractivity contribution in [3.63, 3.8) is 0 Å². The number of methoxy groups -OCH3 is 2. The Hall–Kier alpha value is -2.80. The molecule has 0 saturated heterocycles. The lowest BCUT2D eigenvalue weighted by molar-refractivity contribution is -0.120. The third kappa shape index (κ3) is 4.45. The molecule has 6 nitrogen and oxygen atoms in total. The second kappa shape index (κ2) is 9.82. The molecule has 2 aromatic rings. The molecule has 0 aromatic heterocycles. The minimum Gasteiger partial charge on any atom is -0.493 e. The van der Waals surface area contributed by atoms with E-state index in [9.17, 15) is 4.79 Å². The van der Waals surface area contributed by atoms with Crippen molar-refractivity contribution < 1.29 is 14.3 Å². The summed E-state index contributed by atoms with van der Waals surface area (Å²) in [5.74, 6) is 3.18. The standard InChI is InChI=1S/C27H31N3O3S/c1-17-9-11-19(12-10-17)16-34-27-28-21-15-24(33-3)23(32-2)14-20(21)25-29-26(31)22(30(25)27)13-18-7-5-4-6-8-18/h9-12,14-15,18,22H,4-8,13,16H2,1-3H3. The van der Waals surface area contributed by atoms with E-state index in [4.69, 9.17) is 14.5 Å². The summed E-state index contributed by atoms with van der Waals surface area (Å²) in [6.45, 7) is 2.09. The van der Waals surface area contributed by atoms with Gasteiger partial charge in [-0.15, -0.1) is 0 Å². The first kappa shape index (κ1) is 23.0. The van der Waals surface area contributed by atoms with Crippen LogP contribution in [0.25, 0.3) is 0 Å². The zero-order valence-electron chi connectivity index (χ0n) is 20.0. The summed E-state index contributed by atoms with van der Waals surface area (Å²) in [6, 6.07) is 12.0. The topological polar surface area (TPSA) is 63.5 Å². The molecule has 34 heavy (non-hydrogen) atoms. The second-order valence-electron chi connectivity index (χ2n) is 9.29. The Balaban J connectivity index is 1.50. The summed E-state index contributed by atoms with van der Waals surface area (Å²) in [5, 5.41) is 0.825. The van der Waals surface area contributed by atoms with Crippen molar-refractivity contribution in [3.05, 3.63) is 53.1 Å². The summed E-state index contributed by atoms with van der Waals surface area (Å²) in [7, 11) is 3.23. The predicted molar refractivity (Wildman–Crippen MR) is 137 cm³/mol. The highest BCUT2D eigenvalue weighted by Gasteiger charge is 2.43. The van der Waals surface area contributed by atoms with Crippen LogP contribution in [0.15, 0.2) is 46.4 Å². The van der Waals surface area contributed by atoms with Crippen LogP contribution in [0.1, 0.15) is 55.2 Å². The lowest BCUT2D eigenvalue weighted by Crippen LogP contribution is -2.44. The molecule has 0 spiro atoms.